The van der Waals surface area contributed by atoms with Crippen molar-refractivity contribution in [1.82, 2.24) is 9.97 Å². The molecule has 0 saturated carbocycles. The van der Waals surface area contributed by atoms with Gasteiger partial charge in [-0.05, 0) is 30.5 Å². The normalized spacial score (nSPS) is 10.7. The molecule has 0 saturated heterocycles. The standard InChI is InChI=1S/C14H18N4/c1-9(2)12-13(15)16-8-17-14(12)18-11-6-4-5-10(3)7-11/h4-9H,1-3H3,(H3,15,16,17,18). The van der Waals surface area contributed by atoms with Gasteiger partial charge in [0.15, 0.2) is 0 Å². The van der Waals surface area contributed by atoms with Crippen molar-refractivity contribution in [1.29, 1.82) is 0 Å². The zero-order chi connectivity index (χ0) is 13.1. The first kappa shape index (κ1) is 12.4. The van der Waals surface area contributed by atoms with Gasteiger partial charge in [0.2, 0.25) is 0 Å². The number of rotatable bonds is 3. The third-order valence-electron chi connectivity index (χ3n) is 2.77. The van der Waals surface area contributed by atoms with Crippen LogP contribution in [0.25, 0.3) is 0 Å². The van der Waals surface area contributed by atoms with Crippen LogP contribution in [0.1, 0.15) is 30.9 Å². The lowest BCUT2D eigenvalue weighted by molar-refractivity contribution is 0.855. The van der Waals surface area contributed by atoms with Crippen LogP contribution in [0, 0.1) is 6.92 Å². The lowest BCUT2D eigenvalue weighted by atomic mass is 10.0. The molecule has 3 N–H and O–H groups in total. The fraction of sp³-hybridized carbons (Fsp3) is 0.286. The number of aromatic nitrogens is 2. The van der Waals surface area contributed by atoms with Gasteiger partial charge in [-0.3, -0.25) is 0 Å². The zero-order valence-electron chi connectivity index (χ0n) is 10.9. The van der Waals surface area contributed by atoms with Crippen LogP contribution in [0.15, 0.2) is 30.6 Å². The zero-order valence-corrected chi connectivity index (χ0v) is 10.9. The fourth-order valence-electron chi connectivity index (χ4n) is 1.94. The molecule has 1 aromatic carbocycles. The van der Waals surface area contributed by atoms with E-state index < -0.39 is 0 Å². The Balaban J connectivity index is 2.37. The third kappa shape index (κ3) is 2.59. The molecule has 1 heterocycles. The molecule has 0 aliphatic rings. The molecule has 0 radical (unpaired) electrons. The molecule has 2 aromatic rings. The number of nitrogens with one attached hydrogen (secondary N) is 1. The average molecular weight is 242 g/mol. The highest BCUT2D eigenvalue weighted by molar-refractivity contribution is 5.65. The van der Waals surface area contributed by atoms with E-state index >= 15 is 0 Å². The van der Waals surface area contributed by atoms with Crippen LogP contribution < -0.4 is 11.1 Å². The number of anilines is 3. The Kier molecular flexibility index (Phi) is 3.46. The van der Waals surface area contributed by atoms with E-state index in [1.54, 1.807) is 0 Å². The second-order valence-electron chi connectivity index (χ2n) is 4.67. The van der Waals surface area contributed by atoms with Crippen LogP contribution in [0.2, 0.25) is 0 Å². The summed E-state index contributed by atoms with van der Waals surface area (Å²) < 4.78 is 0. The Bertz CT molecular complexity index is 549. The topological polar surface area (TPSA) is 63.8 Å². The highest BCUT2D eigenvalue weighted by Crippen LogP contribution is 2.28. The smallest absolute Gasteiger partial charge is 0.139 e. The molecular weight excluding hydrogens is 224 g/mol. The molecule has 0 aliphatic carbocycles. The number of nitrogens with zero attached hydrogens (tertiary/aromatic N) is 2. The second kappa shape index (κ2) is 5.04. The molecule has 1 aromatic heterocycles. The molecule has 94 valence electrons. The van der Waals surface area contributed by atoms with Gasteiger partial charge in [0, 0.05) is 11.3 Å². The van der Waals surface area contributed by atoms with E-state index in [9.17, 15) is 0 Å². The first-order valence-corrected chi connectivity index (χ1v) is 6.02. The summed E-state index contributed by atoms with van der Waals surface area (Å²) in [4.78, 5) is 8.33. The molecule has 0 fully saturated rings. The molecule has 0 spiro atoms. The summed E-state index contributed by atoms with van der Waals surface area (Å²) >= 11 is 0. The van der Waals surface area contributed by atoms with Gasteiger partial charge in [-0.25, -0.2) is 9.97 Å². The largest absolute Gasteiger partial charge is 0.383 e. The van der Waals surface area contributed by atoms with E-state index in [4.69, 9.17) is 5.73 Å². The van der Waals surface area contributed by atoms with Crippen LogP contribution in [0.3, 0.4) is 0 Å². The summed E-state index contributed by atoms with van der Waals surface area (Å²) in [6.45, 7) is 6.22. The Morgan fingerprint density at radius 2 is 2.00 bits per heavy atom. The quantitative estimate of drug-likeness (QED) is 0.867. The van der Waals surface area contributed by atoms with Crippen LogP contribution >= 0.6 is 0 Å². The summed E-state index contributed by atoms with van der Waals surface area (Å²) in [6, 6.07) is 8.15. The maximum atomic E-state index is 5.91. The lowest BCUT2D eigenvalue weighted by Crippen LogP contribution is -2.06. The van der Waals surface area contributed by atoms with E-state index in [1.165, 1.54) is 11.9 Å². The summed E-state index contributed by atoms with van der Waals surface area (Å²) in [5.74, 6) is 1.59. The van der Waals surface area contributed by atoms with Gasteiger partial charge in [0.05, 0.1) is 0 Å². The van der Waals surface area contributed by atoms with Crippen molar-refractivity contribution in [2.45, 2.75) is 26.7 Å². The summed E-state index contributed by atoms with van der Waals surface area (Å²) in [5.41, 5.74) is 9.08. The van der Waals surface area contributed by atoms with Crippen molar-refractivity contribution in [2.24, 2.45) is 0 Å². The molecule has 0 atom stereocenters. The first-order valence-electron chi connectivity index (χ1n) is 6.02. The van der Waals surface area contributed by atoms with E-state index in [2.05, 4.69) is 48.2 Å². The highest BCUT2D eigenvalue weighted by Gasteiger charge is 2.12. The summed E-state index contributed by atoms with van der Waals surface area (Å²) in [5, 5.41) is 3.30. The second-order valence-corrected chi connectivity index (χ2v) is 4.67. The van der Waals surface area contributed by atoms with Crippen molar-refractivity contribution in [3.8, 4) is 0 Å². The predicted molar refractivity (Wildman–Crippen MR) is 75.0 cm³/mol. The molecule has 4 nitrogen and oxygen atoms in total. The number of benzene rings is 1. The number of hydrogen-bond acceptors (Lipinski definition) is 4. The first-order chi connectivity index (χ1) is 8.58. The minimum atomic E-state index is 0.276. The number of aryl methyl sites for hydroxylation is 1. The molecular formula is C14H18N4. The van der Waals surface area contributed by atoms with Gasteiger partial charge in [0.1, 0.15) is 18.0 Å². The Labute approximate surface area is 107 Å². The molecule has 18 heavy (non-hydrogen) atoms. The van der Waals surface area contributed by atoms with Gasteiger partial charge in [0.25, 0.3) is 0 Å². The Morgan fingerprint density at radius 3 is 2.67 bits per heavy atom. The minimum absolute atomic E-state index is 0.276. The summed E-state index contributed by atoms with van der Waals surface area (Å²) in [7, 11) is 0. The minimum Gasteiger partial charge on any atom is -0.383 e. The Morgan fingerprint density at radius 1 is 1.22 bits per heavy atom. The molecule has 0 bridgehead atoms. The fourth-order valence-corrected chi connectivity index (χ4v) is 1.94. The Hall–Kier alpha value is -2.10. The monoisotopic (exact) mass is 242 g/mol. The molecule has 0 unspecified atom stereocenters. The van der Waals surface area contributed by atoms with E-state index in [0.717, 1.165) is 17.1 Å². The average Bonchev–Trinajstić information content (AvgIpc) is 2.28. The number of hydrogen-bond donors (Lipinski definition) is 2. The van der Waals surface area contributed by atoms with Crippen molar-refractivity contribution < 1.29 is 0 Å². The van der Waals surface area contributed by atoms with E-state index in [-0.39, 0.29) is 5.92 Å². The van der Waals surface area contributed by atoms with Gasteiger partial charge in [-0.2, -0.15) is 0 Å². The van der Waals surface area contributed by atoms with Crippen molar-refractivity contribution >= 4 is 17.3 Å². The van der Waals surface area contributed by atoms with Gasteiger partial charge in [-0.1, -0.05) is 26.0 Å². The van der Waals surface area contributed by atoms with Crippen molar-refractivity contribution in [2.75, 3.05) is 11.1 Å². The lowest BCUT2D eigenvalue weighted by Gasteiger charge is -2.15. The van der Waals surface area contributed by atoms with Crippen LogP contribution in [0.5, 0.6) is 0 Å². The van der Waals surface area contributed by atoms with Crippen molar-refractivity contribution in [3.63, 3.8) is 0 Å². The number of nitrogen functional groups attached to an aromatic ring is 1. The van der Waals surface area contributed by atoms with Crippen LogP contribution in [-0.2, 0) is 0 Å². The molecule has 4 heteroatoms. The molecule has 0 aliphatic heterocycles. The van der Waals surface area contributed by atoms with Gasteiger partial charge >= 0.3 is 0 Å². The SMILES string of the molecule is Cc1cccc(Nc2ncnc(N)c2C(C)C)c1. The highest BCUT2D eigenvalue weighted by atomic mass is 15.0. The van der Waals surface area contributed by atoms with Crippen molar-refractivity contribution in [3.05, 3.63) is 41.7 Å². The summed E-state index contributed by atoms with van der Waals surface area (Å²) in [6.07, 6.45) is 1.49. The maximum absolute atomic E-state index is 5.91. The predicted octanol–water partition coefficient (Wildman–Crippen LogP) is 3.23. The van der Waals surface area contributed by atoms with E-state index in [0.29, 0.717) is 5.82 Å². The van der Waals surface area contributed by atoms with E-state index in [1.807, 2.05) is 12.1 Å². The van der Waals surface area contributed by atoms with Gasteiger partial charge in [-0.15, -0.1) is 0 Å². The molecule has 0 amide bonds. The van der Waals surface area contributed by atoms with Gasteiger partial charge < -0.3 is 11.1 Å². The molecule has 2 rings (SSSR count). The maximum Gasteiger partial charge on any atom is 0.139 e. The third-order valence-corrected chi connectivity index (χ3v) is 2.77. The van der Waals surface area contributed by atoms with Crippen LogP contribution in [0.4, 0.5) is 17.3 Å². The van der Waals surface area contributed by atoms with Crippen LogP contribution in [-0.4, -0.2) is 9.97 Å². The number of nitrogens with two attached hydrogens (primary N) is 1.